The highest BCUT2D eigenvalue weighted by Gasteiger charge is 2.35. The molecule has 0 amide bonds. The summed E-state index contributed by atoms with van der Waals surface area (Å²) in [6.45, 7) is 2.00. The number of rotatable bonds is 25. The molecule has 0 spiro atoms. The maximum atomic E-state index is 12.4. The second-order valence-corrected chi connectivity index (χ2v) is 12.4. The minimum absolute atomic E-state index is 0.135. The number of aromatic nitrogens is 3. The first kappa shape index (κ1) is 35.2. The summed E-state index contributed by atoms with van der Waals surface area (Å²) in [6.07, 6.45) is 22.1. The quantitative estimate of drug-likeness (QED) is 0.0880. The van der Waals surface area contributed by atoms with Crippen LogP contribution in [0, 0.1) is 11.3 Å². The predicted molar refractivity (Wildman–Crippen MR) is 162 cm³/mol. The van der Waals surface area contributed by atoms with E-state index in [1.165, 1.54) is 96.9 Å². The number of hydrogen-bond acceptors (Lipinski definition) is 8. The first-order valence-corrected chi connectivity index (χ1v) is 17.0. The fourth-order valence-electron chi connectivity index (χ4n) is 4.95. The van der Waals surface area contributed by atoms with Gasteiger partial charge in [0.25, 0.3) is 0 Å². The largest absolute Gasteiger partial charge is 0.472 e. The van der Waals surface area contributed by atoms with Crippen molar-refractivity contribution in [1.29, 1.82) is 5.26 Å². The number of nitrogens with two attached hydrogens (primary N) is 1. The highest BCUT2D eigenvalue weighted by atomic mass is 31.2. The number of hydrogen-bond donors (Lipinski definition) is 2. The number of aryl methyl sites for hydroxylation is 1. The molecular weight excluding hydrogens is 541 g/mol. The van der Waals surface area contributed by atoms with Gasteiger partial charge in [-0.3, -0.25) is 9.05 Å². The minimum Gasteiger partial charge on any atom is -0.382 e. The van der Waals surface area contributed by atoms with Crippen molar-refractivity contribution in [2.75, 3.05) is 26.1 Å². The lowest BCUT2D eigenvalue weighted by Crippen LogP contribution is -2.35. The third-order valence-electron chi connectivity index (χ3n) is 7.65. The van der Waals surface area contributed by atoms with Gasteiger partial charge >= 0.3 is 7.82 Å². The number of phosphoric acid groups is 1. The van der Waals surface area contributed by atoms with Gasteiger partial charge in [-0.25, -0.2) is 14.1 Å². The van der Waals surface area contributed by atoms with E-state index in [1.54, 1.807) is 10.6 Å². The van der Waals surface area contributed by atoms with Gasteiger partial charge in [0.1, 0.15) is 24.5 Å². The van der Waals surface area contributed by atoms with Crippen molar-refractivity contribution in [3.63, 3.8) is 0 Å². The molecule has 41 heavy (non-hydrogen) atoms. The van der Waals surface area contributed by atoms with Crippen LogP contribution in [0.5, 0.6) is 0 Å². The van der Waals surface area contributed by atoms with Crippen molar-refractivity contribution in [3.8, 4) is 6.07 Å². The SMILES string of the molecule is CCCCCCCCCCCCCCCCCCOP(=O)(O)OCC(C#N)(CCc1ccc2c(N)ncnn12)OC. The van der Waals surface area contributed by atoms with Crippen LogP contribution in [-0.2, 0) is 24.8 Å². The number of phosphoric ester groups is 1. The Kier molecular flexibility index (Phi) is 17.1. The van der Waals surface area contributed by atoms with Gasteiger partial charge in [0.05, 0.1) is 6.61 Å². The van der Waals surface area contributed by atoms with Crippen molar-refractivity contribution < 1.29 is 23.2 Å². The third kappa shape index (κ3) is 13.7. The Balaban J connectivity index is 1.54. The molecule has 11 heteroatoms. The van der Waals surface area contributed by atoms with Gasteiger partial charge in [-0.1, -0.05) is 103 Å². The summed E-state index contributed by atoms with van der Waals surface area (Å²) >= 11 is 0. The first-order valence-electron chi connectivity index (χ1n) is 15.5. The second-order valence-electron chi connectivity index (χ2n) is 11.0. The zero-order valence-corrected chi connectivity index (χ0v) is 26.2. The molecule has 0 fully saturated rings. The third-order valence-corrected chi connectivity index (χ3v) is 8.62. The summed E-state index contributed by atoms with van der Waals surface area (Å²) in [5.41, 5.74) is 5.93. The average molecular weight is 594 g/mol. The Labute approximate surface area is 246 Å². The van der Waals surface area contributed by atoms with Crippen molar-refractivity contribution in [1.82, 2.24) is 14.6 Å². The molecule has 3 N–H and O–H groups in total. The first-order chi connectivity index (χ1) is 19.9. The van der Waals surface area contributed by atoms with Crippen LogP contribution in [0.1, 0.15) is 122 Å². The van der Waals surface area contributed by atoms with Crippen LogP contribution in [0.3, 0.4) is 0 Å². The molecule has 2 unspecified atom stereocenters. The van der Waals surface area contributed by atoms with E-state index < -0.39 is 20.0 Å². The monoisotopic (exact) mass is 593 g/mol. The van der Waals surface area contributed by atoms with Gasteiger partial charge in [0, 0.05) is 12.8 Å². The lowest BCUT2D eigenvalue weighted by molar-refractivity contribution is -0.0166. The normalized spacial score (nSPS) is 14.6. The lowest BCUT2D eigenvalue weighted by atomic mass is 9.99. The summed E-state index contributed by atoms with van der Waals surface area (Å²) in [5.74, 6) is 0.357. The molecule has 0 aliphatic heterocycles. The van der Waals surface area contributed by atoms with E-state index in [0.717, 1.165) is 18.5 Å². The van der Waals surface area contributed by atoms with Gasteiger partial charge in [-0.05, 0) is 31.4 Å². The maximum absolute atomic E-state index is 12.4. The van der Waals surface area contributed by atoms with Crippen molar-refractivity contribution in [2.24, 2.45) is 0 Å². The van der Waals surface area contributed by atoms with Crippen molar-refractivity contribution >= 4 is 19.2 Å². The number of unbranched alkanes of at least 4 members (excludes halogenated alkanes) is 15. The molecule has 0 bridgehead atoms. The van der Waals surface area contributed by atoms with E-state index in [4.69, 9.17) is 19.5 Å². The van der Waals surface area contributed by atoms with Crippen LogP contribution in [0.25, 0.3) is 5.52 Å². The number of nitrogens with zero attached hydrogens (tertiary/aromatic N) is 4. The standard InChI is InChI=1S/C30H52N5O5P/c1-3-4-5-6-7-8-9-10-11-12-13-14-15-16-17-18-23-39-41(36,37)40-25-30(24-31,38-2)22-21-27-19-20-28-29(32)33-26-34-35(27)28/h19-20,26H,3-18,21-23,25H2,1-2H3,(H,36,37)(H2,32,33,34). The van der Waals surface area contributed by atoms with Crippen LogP contribution >= 0.6 is 7.82 Å². The van der Waals surface area contributed by atoms with Gasteiger partial charge < -0.3 is 15.4 Å². The number of nitrogen functional groups attached to an aromatic ring is 1. The Morgan fingerprint density at radius 3 is 2.05 bits per heavy atom. The Morgan fingerprint density at radius 2 is 1.51 bits per heavy atom. The molecule has 2 atom stereocenters. The lowest BCUT2D eigenvalue weighted by Gasteiger charge is -2.25. The van der Waals surface area contributed by atoms with Gasteiger partial charge in [0.15, 0.2) is 11.4 Å². The van der Waals surface area contributed by atoms with Gasteiger partial charge in [0.2, 0.25) is 0 Å². The predicted octanol–water partition coefficient (Wildman–Crippen LogP) is 7.55. The van der Waals surface area contributed by atoms with Crippen molar-refractivity contribution in [2.45, 2.75) is 128 Å². The summed E-state index contributed by atoms with van der Waals surface area (Å²) in [4.78, 5) is 14.1. The molecule has 0 aromatic carbocycles. The van der Waals surface area contributed by atoms with Gasteiger partial charge in [-0.15, -0.1) is 0 Å². The van der Waals surface area contributed by atoms with Gasteiger partial charge in [-0.2, -0.15) is 10.4 Å². The molecule has 0 saturated carbocycles. The summed E-state index contributed by atoms with van der Waals surface area (Å²) in [7, 11) is -2.93. The zero-order valence-electron chi connectivity index (χ0n) is 25.3. The summed E-state index contributed by atoms with van der Waals surface area (Å²) < 4.78 is 29.8. The molecule has 0 saturated heterocycles. The van der Waals surface area contributed by atoms with Crippen LogP contribution in [0.2, 0.25) is 0 Å². The average Bonchev–Trinajstić information content (AvgIpc) is 3.39. The highest BCUT2D eigenvalue weighted by Crippen LogP contribution is 2.44. The highest BCUT2D eigenvalue weighted by molar-refractivity contribution is 7.47. The van der Waals surface area contributed by atoms with E-state index in [9.17, 15) is 14.7 Å². The molecule has 0 aliphatic rings. The van der Waals surface area contributed by atoms with Crippen LogP contribution in [-0.4, -0.2) is 45.4 Å². The molecular formula is C30H52N5O5P. The number of fused-ring (bicyclic) bond motifs is 1. The fraction of sp³-hybridized carbons (Fsp3) is 0.767. The number of methoxy groups -OCH3 is 1. The van der Waals surface area contributed by atoms with E-state index >= 15 is 0 Å². The molecule has 232 valence electrons. The minimum atomic E-state index is -4.31. The summed E-state index contributed by atoms with van der Waals surface area (Å²) in [5, 5.41) is 14.0. The zero-order chi connectivity index (χ0) is 29.8. The number of ether oxygens (including phenoxy) is 1. The number of nitriles is 1. The van der Waals surface area contributed by atoms with E-state index in [0.29, 0.717) is 24.2 Å². The van der Waals surface area contributed by atoms with E-state index in [1.807, 2.05) is 6.07 Å². The molecule has 2 rings (SSSR count). The van der Waals surface area contributed by atoms with Crippen LogP contribution in [0.4, 0.5) is 5.82 Å². The molecule has 2 heterocycles. The molecule has 10 nitrogen and oxygen atoms in total. The topological polar surface area (TPSA) is 145 Å². The second kappa shape index (κ2) is 20.0. The van der Waals surface area contributed by atoms with E-state index in [2.05, 4.69) is 23.1 Å². The van der Waals surface area contributed by atoms with Crippen LogP contribution in [0.15, 0.2) is 18.5 Å². The number of anilines is 1. The fourth-order valence-corrected chi connectivity index (χ4v) is 5.75. The summed E-state index contributed by atoms with van der Waals surface area (Å²) in [6, 6.07) is 5.73. The molecule has 2 aromatic rings. The maximum Gasteiger partial charge on any atom is 0.472 e. The molecule has 0 radical (unpaired) electrons. The Morgan fingerprint density at radius 1 is 0.951 bits per heavy atom. The smallest absolute Gasteiger partial charge is 0.382 e. The Hall–Kier alpha value is -2.02. The van der Waals surface area contributed by atoms with Crippen LogP contribution < -0.4 is 5.73 Å². The molecule has 0 aliphatic carbocycles. The van der Waals surface area contributed by atoms with E-state index in [-0.39, 0.29) is 13.0 Å². The van der Waals surface area contributed by atoms with Crippen molar-refractivity contribution in [3.05, 3.63) is 24.2 Å². The molecule has 2 aromatic heterocycles. The Bertz CT molecular complexity index is 1080.